The Morgan fingerprint density at radius 2 is 2.12 bits per heavy atom. The molecule has 1 aromatic heterocycles. The summed E-state index contributed by atoms with van der Waals surface area (Å²) in [4.78, 5) is 26.9. The highest BCUT2D eigenvalue weighted by Gasteiger charge is 2.30. The number of ether oxygens (including phenoxy) is 1. The third-order valence-electron chi connectivity index (χ3n) is 3.99. The lowest BCUT2D eigenvalue weighted by Gasteiger charge is -2.24. The molecule has 0 radical (unpaired) electrons. The molecule has 0 saturated carbocycles. The molecule has 2 heterocycles. The van der Waals surface area contributed by atoms with Gasteiger partial charge in [0.25, 0.3) is 5.91 Å². The largest absolute Gasteiger partial charge is 0.482 e. The minimum Gasteiger partial charge on any atom is -0.482 e. The fraction of sp³-hybridized carbons (Fsp3) is 0.333. The number of benzene rings is 1. The van der Waals surface area contributed by atoms with E-state index in [-0.39, 0.29) is 24.5 Å². The molecule has 1 saturated heterocycles. The van der Waals surface area contributed by atoms with Crippen molar-refractivity contribution in [1.29, 1.82) is 0 Å². The van der Waals surface area contributed by atoms with Gasteiger partial charge >= 0.3 is 0 Å². The Bertz CT molecular complexity index is 715. The highest BCUT2D eigenvalue weighted by atomic mass is 32.1. The molecule has 3 rings (SSSR count). The van der Waals surface area contributed by atoms with Crippen LogP contribution >= 0.6 is 11.3 Å². The van der Waals surface area contributed by atoms with Gasteiger partial charge in [-0.25, -0.2) is 0 Å². The summed E-state index contributed by atoms with van der Waals surface area (Å²) in [6.07, 6.45) is 2.01. The number of hydrogen-bond acceptors (Lipinski definition) is 4. The van der Waals surface area contributed by atoms with Gasteiger partial charge in [0.05, 0.1) is 11.7 Å². The zero-order chi connectivity index (χ0) is 16.9. The monoisotopic (exact) mass is 344 g/mol. The molecule has 1 N–H and O–H groups in total. The number of anilines is 1. The highest BCUT2D eigenvalue weighted by Crippen LogP contribution is 2.34. The number of hydrogen-bond donors (Lipinski definition) is 1. The van der Waals surface area contributed by atoms with Crippen LogP contribution in [0.15, 0.2) is 41.8 Å². The van der Waals surface area contributed by atoms with Crippen LogP contribution in [0, 0.1) is 0 Å². The third-order valence-corrected chi connectivity index (χ3v) is 4.97. The van der Waals surface area contributed by atoms with E-state index in [1.165, 1.54) is 11.8 Å². The van der Waals surface area contributed by atoms with E-state index >= 15 is 0 Å². The molecule has 1 aliphatic rings. The van der Waals surface area contributed by atoms with Crippen LogP contribution in [-0.4, -0.2) is 29.9 Å². The first kappa shape index (κ1) is 16.5. The van der Waals surface area contributed by atoms with Gasteiger partial charge in [-0.05, 0) is 36.4 Å². The number of amides is 2. The summed E-state index contributed by atoms with van der Waals surface area (Å²) in [6.45, 7) is 2.17. The van der Waals surface area contributed by atoms with Gasteiger partial charge in [0.1, 0.15) is 5.75 Å². The van der Waals surface area contributed by atoms with Crippen molar-refractivity contribution in [3.63, 3.8) is 0 Å². The van der Waals surface area contributed by atoms with Gasteiger partial charge in [0, 0.05) is 18.3 Å². The Kier molecular flexibility index (Phi) is 5.15. The molecule has 126 valence electrons. The number of nitrogens with one attached hydrogen (secondary N) is 1. The Morgan fingerprint density at radius 3 is 2.88 bits per heavy atom. The van der Waals surface area contributed by atoms with Gasteiger partial charge in [-0.2, -0.15) is 0 Å². The van der Waals surface area contributed by atoms with E-state index in [4.69, 9.17) is 4.74 Å². The second-order valence-electron chi connectivity index (χ2n) is 5.73. The zero-order valence-corrected chi connectivity index (χ0v) is 14.3. The summed E-state index contributed by atoms with van der Waals surface area (Å²) in [5.41, 5.74) is 0.578. The molecule has 2 aromatic rings. The molecule has 1 fully saturated rings. The van der Waals surface area contributed by atoms with E-state index in [1.54, 1.807) is 23.5 Å². The number of likely N-dealkylation sites (tertiary alicyclic amines) is 1. The molecule has 0 bridgehead atoms. The Balaban J connectivity index is 1.64. The molecule has 6 heteroatoms. The third kappa shape index (κ3) is 3.76. The molecule has 24 heavy (non-hydrogen) atoms. The van der Waals surface area contributed by atoms with Crippen molar-refractivity contribution in [3.8, 4) is 5.75 Å². The van der Waals surface area contributed by atoms with Crippen molar-refractivity contribution in [2.75, 3.05) is 18.5 Å². The summed E-state index contributed by atoms with van der Waals surface area (Å²) in [5.74, 6) is 0.311. The molecule has 1 aromatic carbocycles. The van der Waals surface area contributed by atoms with Crippen LogP contribution in [0.2, 0.25) is 0 Å². The van der Waals surface area contributed by atoms with Gasteiger partial charge in [0.15, 0.2) is 6.61 Å². The van der Waals surface area contributed by atoms with Crippen molar-refractivity contribution in [3.05, 3.63) is 46.7 Å². The lowest BCUT2D eigenvalue weighted by Crippen LogP contribution is -2.34. The fourth-order valence-corrected chi connectivity index (χ4v) is 3.82. The number of carbonyl (C=O) groups excluding carboxylic acids is 2. The fourth-order valence-electron chi connectivity index (χ4n) is 2.95. The number of nitrogens with zero attached hydrogens (tertiary/aromatic N) is 1. The van der Waals surface area contributed by atoms with E-state index in [2.05, 4.69) is 11.4 Å². The topological polar surface area (TPSA) is 58.6 Å². The van der Waals surface area contributed by atoms with Crippen LogP contribution in [0.1, 0.15) is 30.7 Å². The molecular weight excluding hydrogens is 324 g/mol. The van der Waals surface area contributed by atoms with Crippen LogP contribution in [-0.2, 0) is 9.59 Å². The van der Waals surface area contributed by atoms with Crippen molar-refractivity contribution in [1.82, 2.24) is 4.90 Å². The van der Waals surface area contributed by atoms with Gasteiger partial charge in [0.2, 0.25) is 5.91 Å². The van der Waals surface area contributed by atoms with E-state index < -0.39 is 0 Å². The summed E-state index contributed by atoms with van der Waals surface area (Å²) >= 11 is 1.68. The quantitative estimate of drug-likeness (QED) is 0.904. The maximum atomic E-state index is 12.6. The smallest absolute Gasteiger partial charge is 0.261 e. The highest BCUT2D eigenvalue weighted by molar-refractivity contribution is 7.10. The Morgan fingerprint density at radius 1 is 1.29 bits per heavy atom. The predicted molar refractivity (Wildman–Crippen MR) is 94.2 cm³/mol. The van der Waals surface area contributed by atoms with Gasteiger partial charge in [-0.3, -0.25) is 9.59 Å². The maximum absolute atomic E-state index is 12.6. The lowest BCUT2D eigenvalue weighted by atomic mass is 10.2. The van der Waals surface area contributed by atoms with E-state index in [0.29, 0.717) is 11.4 Å². The summed E-state index contributed by atoms with van der Waals surface area (Å²) < 4.78 is 5.68. The number of para-hydroxylation sites is 2. The summed E-state index contributed by atoms with van der Waals surface area (Å²) in [5, 5.41) is 4.75. The predicted octanol–water partition coefficient (Wildman–Crippen LogP) is 3.45. The van der Waals surface area contributed by atoms with Crippen LogP contribution in [0.3, 0.4) is 0 Å². The Labute approximate surface area is 145 Å². The van der Waals surface area contributed by atoms with Crippen LogP contribution in [0.5, 0.6) is 5.75 Å². The number of thiophene rings is 1. The first-order chi connectivity index (χ1) is 11.6. The van der Waals surface area contributed by atoms with E-state index in [9.17, 15) is 9.59 Å². The SMILES string of the molecule is CC(=O)Nc1ccccc1OCC(=O)N1CCC[C@H]1c1cccs1. The summed E-state index contributed by atoms with van der Waals surface area (Å²) in [6, 6.07) is 11.4. The molecule has 1 atom stereocenters. The molecule has 1 aliphatic heterocycles. The minimum atomic E-state index is -0.172. The first-order valence-electron chi connectivity index (χ1n) is 7.97. The minimum absolute atomic E-state index is 0.0245. The summed E-state index contributed by atoms with van der Waals surface area (Å²) in [7, 11) is 0. The second-order valence-corrected chi connectivity index (χ2v) is 6.71. The van der Waals surface area contributed by atoms with Crippen molar-refractivity contribution >= 4 is 28.8 Å². The van der Waals surface area contributed by atoms with Crippen LogP contribution < -0.4 is 10.1 Å². The number of rotatable bonds is 5. The van der Waals surface area contributed by atoms with Gasteiger partial charge < -0.3 is 15.0 Å². The Hall–Kier alpha value is -2.34. The average molecular weight is 344 g/mol. The van der Waals surface area contributed by atoms with E-state index in [0.717, 1.165) is 19.4 Å². The maximum Gasteiger partial charge on any atom is 0.261 e. The lowest BCUT2D eigenvalue weighted by molar-refractivity contribution is -0.134. The normalized spacial score (nSPS) is 16.9. The molecule has 5 nitrogen and oxygen atoms in total. The van der Waals surface area contributed by atoms with E-state index in [1.807, 2.05) is 28.5 Å². The molecule has 0 aliphatic carbocycles. The van der Waals surface area contributed by atoms with Crippen molar-refractivity contribution in [2.45, 2.75) is 25.8 Å². The molecule has 0 unspecified atom stereocenters. The average Bonchev–Trinajstić information content (AvgIpc) is 3.23. The zero-order valence-electron chi connectivity index (χ0n) is 13.5. The van der Waals surface area contributed by atoms with Gasteiger partial charge in [-0.15, -0.1) is 11.3 Å². The van der Waals surface area contributed by atoms with Gasteiger partial charge in [-0.1, -0.05) is 18.2 Å². The number of carbonyl (C=O) groups is 2. The first-order valence-corrected chi connectivity index (χ1v) is 8.85. The molecular formula is C18H20N2O3S. The standard InChI is InChI=1S/C18H20N2O3S/c1-13(21)19-14-6-2-3-8-16(14)23-12-18(22)20-10-4-7-15(20)17-9-5-11-24-17/h2-3,5-6,8-9,11,15H,4,7,10,12H2,1H3,(H,19,21)/t15-/m0/s1. The van der Waals surface area contributed by atoms with Crippen molar-refractivity contribution < 1.29 is 14.3 Å². The van der Waals surface area contributed by atoms with Crippen LogP contribution in [0.4, 0.5) is 5.69 Å². The van der Waals surface area contributed by atoms with Crippen LogP contribution in [0.25, 0.3) is 0 Å². The second kappa shape index (κ2) is 7.49. The molecule has 0 spiro atoms. The molecule has 2 amide bonds. The van der Waals surface area contributed by atoms with Crippen molar-refractivity contribution in [2.24, 2.45) is 0 Å².